The van der Waals surface area contributed by atoms with Crippen molar-refractivity contribution < 1.29 is 4.74 Å². The van der Waals surface area contributed by atoms with Crippen LogP contribution in [0.2, 0.25) is 0 Å². The van der Waals surface area contributed by atoms with Crippen LogP contribution in [0.25, 0.3) is 0 Å². The Labute approximate surface area is 105 Å². The third-order valence-corrected chi connectivity index (χ3v) is 4.17. The molecule has 1 aromatic heterocycles. The molecule has 1 unspecified atom stereocenters. The monoisotopic (exact) mass is 245 g/mol. The van der Waals surface area contributed by atoms with Gasteiger partial charge in [0.1, 0.15) is 5.75 Å². The first-order valence-electron chi connectivity index (χ1n) is 5.81. The summed E-state index contributed by atoms with van der Waals surface area (Å²) >= 11 is 1.75. The summed E-state index contributed by atoms with van der Waals surface area (Å²) in [4.78, 5) is 1.30. The van der Waals surface area contributed by atoms with E-state index in [9.17, 15) is 0 Å². The fraction of sp³-hybridized carbons (Fsp3) is 0.286. The second-order valence-electron chi connectivity index (χ2n) is 4.38. The molecular formula is C14H15NOS. The third kappa shape index (κ3) is 1.85. The minimum atomic E-state index is -0.0212. The standard InChI is InChI=1S/C14H15NOS/c1-9-12(5-7-17-9)14(15)11-2-3-13-10(8-11)4-6-16-13/h2-3,5,7-8,14H,4,6,15H2,1H3. The first-order chi connectivity index (χ1) is 8.25. The Bertz CT molecular complexity index is 547. The molecular weight excluding hydrogens is 230 g/mol. The van der Waals surface area contributed by atoms with E-state index in [-0.39, 0.29) is 6.04 Å². The van der Waals surface area contributed by atoms with Gasteiger partial charge in [-0.2, -0.15) is 0 Å². The normalized spacial score (nSPS) is 15.4. The number of ether oxygens (including phenoxy) is 1. The predicted octanol–water partition coefficient (Wildman–Crippen LogP) is 3.04. The molecule has 3 heteroatoms. The highest BCUT2D eigenvalue weighted by Gasteiger charge is 2.17. The van der Waals surface area contributed by atoms with Crippen LogP contribution in [0.3, 0.4) is 0 Å². The largest absolute Gasteiger partial charge is 0.493 e. The lowest BCUT2D eigenvalue weighted by Gasteiger charge is -2.13. The van der Waals surface area contributed by atoms with Crippen LogP contribution in [-0.4, -0.2) is 6.61 Å². The fourth-order valence-electron chi connectivity index (χ4n) is 2.30. The molecule has 2 aromatic rings. The minimum absolute atomic E-state index is 0.0212. The summed E-state index contributed by atoms with van der Waals surface area (Å²) in [6, 6.07) is 8.40. The van der Waals surface area contributed by atoms with Gasteiger partial charge in [0.2, 0.25) is 0 Å². The molecule has 1 atom stereocenters. The molecule has 1 aliphatic rings. The Balaban J connectivity index is 1.97. The Hall–Kier alpha value is -1.32. The molecule has 0 saturated heterocycles. The quantitative estimate of drug-likeness (QED) is 0.882. The second-order valence-corrected chi connectivity index (χ2v) is 5.50. The van der Waals surface area contributed by atoms with Gasteiger partial charge in [0.15, 0.2) is 0 Å². The maximum atomic E-state index is 6.32. The van der Waals surface area contributed by atoms with Crippen LogP contribution in [-0.2, 0) is 6.42 Å². The zero-order chi connectivity index (χ0) is 11.8. The molecule has 0 spiro atoms. The van der Waals surface area contributed by atoms with Crippen molar-refractivity contribution in [3.05, 3.63) is 51.2 Å². The molecule has 0 aliphatic carbocycles. The average Bonchev–Trinajstić information content (AvgIpc) is 2.95. The van der Waals surface area contributed by atoms with Crippen LogP contribution in [0.4, 0.5) is 0 Å². The molecule has 88 valence electrons. The van der Waals surface area contributed by atoms with Gasteiger partial charge in [0.05, 0.1) is 12.6 Å². The van der Waals surface area contributed by atoms with Crippen molar-refractivity contribution in [3.8, 4) is 5.75 Å². The van der Waals surface area contributed by atoms with Gasteiger partial charge in [-0.05, 0) is 41.1 Å². The molecule has 0 amide bonds. The van der Waals surface area contributed by atoms with E-state index in [2.05, 4.69) is 30.5 Å². The maximum absolute atomic E-state index is 6.32. The summed E-state index contributed by atoms with van der Waals surface area (Å²) in [6.45, 7) is 2.92. The van der Waals surface area contributed by atoms with Gasteiger partial charge in [-0.15, -0.1) is 11.3 Å². The van der Waals surface area contributed by atoms with Crippen molar-refractivity contribution in [2.45, 2.75) is 19.4 Å². The Kier molecular flexibility index (Phi) is 2.65. The summed E-state index contributed by atoms with van der Waals surface area (Å²) in [5.41, 5.74) is 10.0. The third-order valence-electron chi connectivity index (χ3n) is 3.31. The summed E-state index contributed by atoms with van der Waals surface area (Å²) in [5.74, 6) is 1.02. The van der Waals surface area contributed by atoms with Crippen LogP contribution < -0.4 is 10.5 Å². The van der Waals surface area contributed by atoms with E-state index in [0.717, 1.165) is 18.8 Å². The highest BCUT2D eigenvalue weighted by molar-refractivity contribution is 7.10. The van der Waals surface area contributed by atoms with Gasteiger partial charge in [0.25, 0.3) is 0 Å². The molecule has 1 aliphatic heterocycles. The van der Waals surface area contributed by atoms with Crippen LogP contribution in [0.15, 0.2) is 29.6 Å². The van der Waals surface area contributed by atoms with Crippen LogP contribution in [0, 0.1) is 6.92 Å². The summed E-state index contributed by atoms with van der Waals surface area (Å²) in [7, 11) is 0. The fourth-order valence-corrected chi connectivity index (χ4v) is 3.05. The second kappa shape index (κ2) is 4.17. The van der Waals surface area contributed by atoms with Crippen molar-refractivity contribution in [1.29, 1.82) is 0 Å². The van der Waals surface area contributed by atoms with Crippen LogP contribution in [0.1, 0.15) is 27.6 Å². The van der Waals surface area contributed by atoms with Crippen LogP contribution in [0.5, 0.6) is 5.75 Å². The Morgan fingerprint density at radius 1 is 1.35 bits per heavy atom. The van der Waals surface area contributed by atoms with Crippen molar-refractivity contribution in [3.63, 3.8) is 0 Å². The summed E-state index contributed by atoms with van der Waals surface area (Å²) < 4.78 is 5.51. The highest BCUT2D eigenvalue weighted by atomic mass is 32.1. The predicted molar refractivity (Wildman–Crippen MR) is 70.7 cm³/mol. The number of hydrogen-bond acceptors (Lipinski definition) is 3. The number of rotatable bonds is 2. The number of aryl methyl sites for hydroxylation is 1. The van der Waals surface area contributed by atoms with E-state index in [4.69, 9.17) is 10.5 Å². The Morgan fingerprint density at radius 2 is 2.24 bits per heavy atom. The van der Waals surface area contributed by atoms with Gasteiger partial charge in [0, 0.05) is 11.3 Å². The lowest BCUT2D eigenvalue weighted by Crippen LogP contribution is -2.12. The van der Waals surface area contributed by atoms with E-state index < -0.39 is 0 Å². The molecule has 2 heterocycles. The van der Waals surface area contributed by atoms with E-state index >= 15 is 0 Å². The number of thiophene rings is 1. The highest BCUT2D eigenvalue weighted by Crippen LogP contribution is 2.31. The van der Waals surface area contributed by atoms with E-state index in [1.165, 1.54) is 21.6 Å². The molecule has 0 radical (unpaired) electrons. The van der Waals surface area contributed by atoms with E-state index in [0.29, 0.717) is 0 Å². The molecule has 0 saturated carbocycles. The van der Waals surface area contributed by atoms with Crippen molar-refractivity contribution in [2.75, 3.05) is 6.61 Å². The summed E-state index contributed by atoms with van der Waals surface area (Å²) in [6.07, 6.45) is 0.999. The average molecular weight is 245 g/mol. The Morgan fingerprint density at radius 3 is 3.00 bits per heavy atom. The van der Waals surface area contributed by atoms with Gasteiger partial charge in [-0.3, -0.25) is 0 Å². The van der Waals surface area contributed by atoms with Gasteiger partial charge < -0.3 is 10.5 Å². The molecule has 0 bridgehead atoms. The first kappa shape index (κ1) is 10.8. The summed E-state index contributed by atoms with van der Waals surface area (Å²) in [5, 5.41) is 2.10. The van der Waals surface area contributed by atoms with E-state index in [1.807, 2.05) is 6.07 Å². The zero-order valence-corrected chi connectivity index (χ0v) is 10.6. The first-order valence-corrected chi connectivity index (χ1v) is 6.69. The molecule has 2 N–H and O–H groups in total. The van der Waals surface area contributed by atoms with Gasteiger partial charge in [-0.1, -0.05) is 12.1 Å². The molecule has 17 heavy (non-hydrogen) atoms. The topological polar surface area (TPSA) is 35.2 Å². The molecule has 2 nitrogen and oxygen atoms in total. The number of benzene rings is 1. The number of hydrogen-bond donors (Lipinski definition) is 1. The SMILES string of the molecule is Cc1sccc1C(N)c1ccc2c(c1)CCO2. The van der Waals surface area contributed by atoms with Crippen LogP contribution >= 0.6 is 11.3 Å². The number of nitrogens with two attached hydrogens (primary N) is 1. The molecule has 3 rings (SSSR count). The molecule has 0 fully saturated rings. The maximum Gasteiger partial charge on any atom is 0.122 e. The smallest absolute Gasteiger partial charge is 0.122 e. The van der Waals surface area contributed by atoms with Gasteiger partial charge >= 0.3 is 0 Å². The van der Waals surface area contributed by atoms with Crippen molar-refractivity contribution in [1.82, 2.24) is 0 Å². The number of fused-ring (bicyclic) bond motifs is 1. The van der Waals surface area contributed by atoms with Crippen molar-refractivity contribution in [2.24, 2.45) is 5.73 Å². The van der Waals surface area contributed by atoms with Crippen molar-refractivity contribution >= 4 is 11.3 Å². The zero-order valence-electron chi connectivity index (χ0n) is 9.77. The lowest BCUT2D eigenvalue weighted by atomic mass is 9.98. The molecule has 1 aromatic carbocycles. The lowest BCUT2D eigenvalue weighted by molar-refractivity contribution is 0.357. The van der Waals surface area contributed by atoms with E-state index in [1.54, 1.807) is 11.3 Å². The van der Waals surface area contributed by atoms with Gasteiger partial charge in [-0.25, -0.2) is 0 Å². The minimum Gasteiger partial charge on any atom is -0.493 e.